The Morgan fingerprint density at radius 1 is 1.15 bits per heavy atom. The lowest BCUT2D eigenvalue weighted by molar-refractivity contribution is -0.143. The third-order valence-corrected chi connectivity index (χ3v) is 3.65. The number of phenolic OH excluding ortho intramolecular Hbond substituents is 1. The monoisotopic (exact) mass is 357 g/mol. The number of hydrogen-bond acceptors (Lipinski definition) is 6. The average molecular weight is 357 g/mol. The Hall–Kier alpha value is -3.35. The molecular formula is C19H19NO6. The third-order valence-electron chi connectivity index (χ3n) is 3.65. The van der Waals surface area contributed by atoms with Gasteiger partial charge < -0.3 is 19.9 Å². The zero-order valence-corrected chi connectivity index (χ0v) is 14.2. The van der Waals surface area contributed by atoms with E-state index >= 15 is 0 Å². The molecule has 2 rings (SSSR count). The van der Waals surface area contributed by atoms with Crippen molar-refractivity contribution in [1.29, 1.82) is 0 Å². The molecule has 0 radical (unpaired) electrons. The summed E-state index contributed by atoms with van der Waals surface area (Å²) in [5.41, 5.74) is 1.48. The number of amides is 1. The van der Waals surface area contributed by atoms with Gasteiger partial charge in [0.1, 0.15) is 18.4 Å². The highest BCUT2D eigenvalue weighted by atomic mass is 16.6. The first-order valence-corrected chi connectivity index (χ1v) is 7.85. The van der Waals surface area contributed by atoms with Gasteiger partial charge in [-0.15, -0.1) is 0 Å². The van der Waals surface area contributed by atoms with Crippen LogP contribution in [0.4, 0.5) is 4.79 Å². The summed E-state index contributed by atoms with van der Waals surface area (Å²) < 4.78 is 9.80. The van der Waals surface area contributed by atoms with Crippen LogP contribution in [0, 0.1) is 0 Å². The lowest BCUT2D eigenvalue weighted by Crippen LogP contribution is -2.43. The standard InChI is InChI=1S/C19H19NO6/c1-25-18(23)16(10-14-7-8-17(22)15(9-14)11-21)20-19(24)26-12-13-5-3-2-4-6-13/h2-9,11,16,22H,10,12H2,1H3,(H,20,24)/t16-/m0/s1. The molecule has 7 heteroatoms. The maximum atomic E-state index is 12.0. The molecule has 136 valence electrons. The van der Waals surface area contributed by atoms with Crippen molar-refractivity contribution in [3.63, 3.8) is 0 Å². The minimum absolute atomic E-state index is 0.0645. The van der Waals surface area contributed by atoms with Crippen LogP contribution in [-0.2, 0) is 27.3 Å². The zero-order valence-electron chi connectivity index (χ0n) is 14.2. The molecule has 0 aromatic heterocycles. The molecule has 2 N–H and O–H groups in total. The number of aldehydes is 1. The van der Waals surface area contributed by atoms with Crippen LogP contribution in [0.5, 0.6) is 5.75 Å². The van der Waals surface area contributed by atoms with Crippen LogP contribution in [-0.4, -0.2) is 36.6 Å². The first-order chi connectivity index (χ1) is 12.5. The van der Waals surface area contributed by atoms with Gasteiger partial charge in [0.15, 0.2) is 6.29 Å². The smallest absolute Gasteiger partial charge is 0.408 e. The SMILES string of the molecule is COC(=O)[C@H](Cc1ccc(O)c(C=O)c1)NC(=O)OCc1ccccc1. The molecule has 0 heterocycles. The van der Waals surface area contributed by atoms with Gasteiger partial charge in [-0.05, 0) is 23.3 Å². The molecule has 26 heavy (non-hydrogen) atoms. The second kappa shape index (κ2) is 9.22. The van der Waals surface area contributed by atoms with E-state index in [0.29, 0.717) is 11.8 Å². The summed E-state index contributed by atoms with van der Waals surface area (Å²) in [6.45, 7) is 0.0645. The van der Waals surface area contributed by atoms with E-state index in [-0.39, 0.29) is 24.3 Å². The van der Waals surface area contributed by atoms with Crippen molar-refractivity contribution in [2.75, 3.05) is 7.11 Å². The van der Waals surface area contributed by atoms with Crippen molar-refractivity contribution in [3.05, 3.63) is 65.2 Å². The highest BCUT2D eigenvalue weighted by Gasteiger charge is 2.23. The molecule has 0 bridgehead atoms. The van der Waals surface area contributed by atoms with Crippen LogP contribution in [0.15, 0.2) is 48.5 Å². The zero-order chi connectivity index (χ0) is 18.9. The molecule has 2 aromatic rings. The Kier molecular flexibility index (Phi) is 6.73. The molecular weight excluding hydrogens is 338 g/mol. The number of methoxy groups -OCH3 is 1. The molecule has 7 nitrogen and oxygen atoms in total. The topological polar surface area (TPSA) is 102 Å². The Morgan fingerprint density at radius 3 is 2.54 bits per heavy atom. The van der Waals surface area contributed by atoms with Gasteiger partial charge in [0, 0.05) is 6.42 Å². The van der Waals surface area contributed by atoms with E-state index in [2.05, 4.69) is 5.32 Å². The van der Waals surface area contributed by atoms with E-state index in [1.54, 1.807) is 6.07 Å². The Morgan fingerprint density at radius 2 is 1.88 bits per heavy atom. The molecule has 1 amide bonds. The van der Waals surface area contributed by atoms with Crippen LogP contribution < -0.4 is 5.32 Å². The van der Waals surface area contributed by atoms with Gasteiger partial charge in [0.05, 0.1) is 12.7 Å². The minimum atomic E-state index is -0.993. The van der Waals surface area contributed by atoms with Crippen LogP contribution in [0.2, 0.25) is 0 Å². The largest absolute Gasteiger partial charge is 0.507 e. The summed E-state index contributed by atoms with van der Waals surface area (Å²) in [5, 5.41) is 12.0. The highest BCUT2D eigenvalue weighted by molar-refractivity contribution is 5.82. The van der Waals surface area contributed by atoms with E-state index in [1.165, 1.54) is 19.2 Å². The van der Waals surface area contributed by atoms with Crippen LogP contribution in [0.1, 0.15) is 21.5 Å². The molecule has 1 atom stereocenters. The summed E-state index contributed by atoms with van der Waals surface area (Å²) in [4.78, 5) is 34.8. The number of ether oxygens (including phenoxy) is 2. The third kappa shape index (κ3) is 5.34. The number of benzene rings is 2. The second-order valence-corrected chi connectivity index (χ2v) is 5.50. The van der Waals surface area contributed by atoms with E-state index < -0.39 is 18.1 Å². The molecule has 0 aliphatic carbocycles. The van der Waals surface area contributed by atoms with Crippen molar-refractivity contribution >= 4 is 18.3 Å². The fourth-order valence-electron chi connectivity index (χ4n) is 2.30. The number of aromatic hydroxyl groups is 1. The number of nitrogens with one attached hydrogen (secondary N) is 1. The predicted molar refractivity (Wildman–Crippen MR) is 92.8 cm³/mol. The summed E-state index contributed by atoms with van der Waals surface area (Å²) >= 11 is 0. The summed E-state index contributed by atoms with van der Waals surface area (Å²) in [7, 11) is 1.21. The van der Waals surface area contributed by atoms with Crippen molar-refractivity contribution in [1.82, 2.24) is 5.32 Å². The fourth-order valence-corrected chi connectivity index (χ4v) is 2.30. The summed E-state index contributed by atoms with van der Waals surface area (Å²) in [5.74, 6) is -0.809. The average Bonchev–Trinajstić information content (AvgIpc) is 2.67. The first kappa shape index (κ1) is 19.0. The van der Waals surface area contributed by atoms with Gasteiger partial charge in [0.25, 0.3) is 0 Å². The number of carbonyl (C=O) groups excluding carboxylic acids is 3. The molecule has 0 fully saturated rings. The number of esters is 1. The lowest BCUT2D eigenvalue weighted by atomic mass is 10.0. The van der Waals surface area contributed by atoms with Crippen molar-refractivity contribution in [2.45, 2.75) is 19.1 Å². The highest BCUT2D eigenvalue weighted by Crippen LogP contribution is 2.17. The number of carbonyl (C=O) groups is 3. The molecule has 0 aliphatic heterocycles. The Balaban J connectivity index is 2.01. The maximum Gasteiger partial charge on any atom is 0.408 e. The number of hydrogen-bond donors (Lipinski definition) is 2. The van der Waals surface area contributed by atoms with Crippen molar-refractivity contribution in [2.24, 2.45) is 0 Å². The van der Waals surface area contributed by atoms with Gasteiger partial charge in [-0.1, -0.05) is 36.4 Å². The second-order valence-electron chi connectivity index (χ2n) is 5.50. The van der Waals surface area contributed by atoms with E-state index in [0.717, 1.165) is 5.56 Å². The quantitative estimate of drug-likeness (QED) is 0.582. The number of rotatable bonds is 7. The molecule has 0 unspecified atom stereocenters. The molecule has 0 aliphatic rings. The molecule has 0 saturated heterocycles. The molecule has 0 saturated carbocycles. The van der Waals surface area contributed by atoms with Gasteiger partial charge in [0.2, 0.25) is 0 Å². The molecule has 2 aromatic carbocycles. The van der Waals surface area contributed by atoms with Gasteiger partial charge in [-0.3, -0.25) is 4.79 Å². The minimum Gasteiger partial charge on any atom is -0.507 e. The maximum absolute atomic E-state index is 12.0. The van der Waals surface area contributed by atoms with Gasteiger partial charge in [-0.25, -0.2) is 9.59 Å². The summed E-state index contributed by atoms with van der Waals surface area (Å²) in [6, 6.07) is 12.5. The fraction of sp³-hybridized carbons (Fsp3) is 0.211. The lowest BCUT2D eigenvalue weighted by Gasteiger charge is -2.17. The van der Waals surface area contributed by atoms with Crippen molar-refractivity contribution in [3.8, 4) is 5.75 Å². The normalized spacial score (nSPS) is 11.3. The first-order valence-electron chi connectivity index (χ1n) is 7.85. The Labute approximate surface area is 150 Å². The predicted octanol–water partition coefficient (Wildman–Crippen LogP) is 2.22. The van der Waals surface area contributed by atoms with Gasteiger partial charge >= 0.3 is 12.1 Å². The Bertz CT molecular complexity index is 775. The van der Waals surface area contributed by atoms with Gasteiger partial charge in [-0.2, -0.15) is 0 Å². The van der Waals surface area contributed by atoms with E-state index in [9.17, 15) is 19.5 Å². The van der Waals surface area contributed by atoms with E-state index in [1.807, 2.05) is 30.3 Å². The number of alkyl carbamates (subject to hydrolysis) is 1. The van der Waals surface area contributed by atoms with Crippen molar-refractivity contribution < 1.29 is 29.0 Å². The van der Waals surface area contributed by atoms with Crippen LogP contribution >= 0.6 is 0 Å². The summed E-state index contributed by atoms with van der Waals surface area (Å²) in [6.07, 6.45) is -0.180. The van der Waals surface area contributed by atoms with E-state index in [4.69, 9.17) is 9.47 Å². The van der Waals surface area contributed by atoms with Crippen LogP contribution in [0.3, 0.4) is 0 Å². The molecule has 0 spiro atoms. The number of phenols is 1. The van der Waals surface area contributed by atoms with Crippen LogP contribution in [0.25, 0.3) is 0 Å².